The number of rotatable bonds is 7. The molecule has 1 aromatic heterocycles. The molecule has 0 saturated carbocycles. The van der Waals surface area contributed by atoms with Crippen LogP contribution in [0.3, 0.4) is 0 Å². The Bertz CT molecular complexity index is 273. The molecule has 1 rings (SSSR count). The van der Waals surface area contributed by atoms with E-state index in [1.165, 1.54) is 5.56 Å². The van der Waals surface area contributed by atoms with Crippen molar-refractivity contribution in [1.29, 1.82) is 0 Å². The van der Waals surface area contributed by atoms with E-state index < -0.39 is 0 Å². The lowest BCUT2D eigenvalue weighted by Gasteiger charge is -2.17. The second kappa shape index (κ2) is 6.58. The Hall–Kier alpha value is -0.870. The molecule has 0 amide bonds. The Morgan fingerprint density at radius 2 is 2.40 bits per heavy atom. The van der Waals surface area contributed by atoms with Crippen LogP contribution in [-0.4, -0.2) is 34.1 Å². The molecule has 0 spiro atoms. The first kappa shape index (κ1) is 12.2. The molecule has 4 nitrogen and oxygen atoms in total. The topological polar surface area (TPSA) is 50.1 Å². The summed E-state index contributed by atoms with van der Waals surface area (Å²) >= 11 is 0. The Balaban J connectivity index is 2.42. The van der Waals surface area contributed by atoms with Gasteiger partial charge in [-0.25, -0.2) is 0 Å². The van der Waals surface area contributed by atoms with Crippen molar-refractivity contribution in [3.63, 3.8) is 0 Å². The first-order valence-electron chi connectivity index (χ1n) is 5.59. The second-order valence-corrected chi connectivity index (χ2v) is 3.90. The number of nitrogens with zero attached hydrogens (tertiary/aromatic N) is 2. The zero-order chi connectivity index (χ0) is 11.1. The molecule has 4 heteroatoms. The number of aryl methyl sites for hydroxylation is 1. The maximum atomic E-state index is 8.95. The fourth-order valence-corrected chi connectivity index (χ4v) is 1.55. The molecule has 0 aliphatic rings. The molecular weight excluding hydrogens is 190 g/mol. The quantitative estimate of drug-likeness (QED) is 0.706. The van der Waals surface area contributed by atoms with Crippen LogP contribution in [0, 0.1) is 6.92 Å². The fourth-order valence-electron chi connectivity index (χ4n) is 1.55. The molecule has 2 N–H and O–H groups in total. The van der Waals surface area contributed by atoms with Crippen LogP contribution in [-0.2, 0) is 6.54 Å². The number of nitrogens with one attached hydrogen (secondary N) is 1. The van der Waals surface area contributed by atoms with E-state index in [0.717, 1.165) is 25.9 Å². The van der Waals surface area contributed by atoms with Gasteiger partial charge in [0, 0.05) is 18.8 Å². The minimum atomic E-state index is 0.224. The summed E-state index contributed by atoms with van der Waals surface area (Å²) in [5.74, 6) is 0. The monoisotopic (exact) mass is 211 g/mol. The molecule has 0 aliphatic carbocycles. The van der Waals surface area contributed by atoms with Gasteiger partial charge in [0.05, 0.1) is 12.7 Å². The molecule has 1 atom stereocenters. The number of hydrogen-bond donors (Lipinski definition) is 2. The normalized spacial score (nSPS) is 13.0. The predicted molar refractivity (Wildman–Crippen MR) is 60.7 cm³/mol. The Morgan fingerprint density at radius 3 is 2.93 bits per heavy atom. The summed E-state index contributed by atoms with van der Waals surface area (Å²) in [6.07, 6.45) is 5.77. The van der Waals surface area contributed by atoms with Crippen molar-refractivity contribution in [2.45, 2.75) is 39.3 Å². The molecule has 0 aromatic carbocycles. The molecule has 0 aliphatic heterocycles. The Kier molecular flexibility index (Phi) is 5.36. The molecule has 0 fully saturated rings. The molecule has 0 bridgehead atoms. The summed E-state index contributed by atoms with van der Waals surface area (Å²) in [6.45, 7) is 6.21. The maximum Gasteiger partial charge on any atom is 0.0563 e. The highest BCUT2D eigenvalue weighted by Gasteiger charge is 2.08. The number of aliphatic hydroxyl groups is 1. The smallest absolute Gasteiger partial charge is 0.0563 e. The molecule has 1 heterocycles. The number of hydrogen-bond acceptors (Lipinski definition) is 3. The van der Waals surface area contributed by atoms with Crippen LogP contribution in [0.5, 0.6) is 0 Å². The van der Waals surface area contributed by atoms with Gasteiger partial charge in [0.15, 0.2) is 0 Å². The van der Waals surface area contributed by atoms with Crippen LogP contribution in [0.15, 0.2) is 12.4 Å². The van der Waals surface area contributed by atoms with Gasteiger partial charge in [-0.15, -0.1) is 0 Å². The molecule has 0 radical (unpaired) electrons. The van der Waals surface area contributed by atoms with Gasteiger partial charge in [0.1, 0.15) is 0 Å². The SMILES string of the molecule is CCCNC(CCO)Cn1cc(C)cn1. The van der Waals surface area contributed by atoms with E-state index in [0.29, 0.717) is 6.04 Å². The van der Waals surface area contributed by atoms with E-state index in [1.54, 1.807) is 0 Å². The van der Waals surface area contributed by atoms with Crippen molar-refractivity contribution in [1.82, 2.24) is 15.1 Å². The average Bonchev–Trinajstić information content (AvgIpc) is 2.61. The summed E-state index contributed by atoms with van der Waals surface area (Å²) in [7, 11) is 0. The van der Waals surface area contributed by atoms with Gasteiger partial charge in [-0.3, -0.25) is 4.68 Å². The molecule has 15 heavy (non-hydrogen) atoms. The Morgan fingerprint density at radius 1 is 1.60 bits per heavy atom. The van der Waals surface area contributed by atoms with Crippen molar-refractivity contribution >= 4 is 0 Å². The first-order valence-corrected chi connectivity index (χ1v) is 5.59. The lowest BCUT2D eigenvalue weighted by atomic mass is 10.2. The van der Waals surface area contributed by atoms with Gasteiger partial charge in [0.2, 0.25) is 0 Å². The van der Waals surface area contributed by atoms with E-state index in [4.69, 9.17) is 5.11 Å². The highest BCUT2D eigenvalue weighted by atomic mass is 16.3. The van der Waals surface area contributed by atoms with Crippen molar-refractivity contribution in [3.8, 4) is 0 Å². The minimum absolute atomic E-state index is 0.224. The van der Waals surface area contributed by atoms with E-state index in [9.17, 15) is 0 Å². The third-order valence-electron chi connectivity index (χ3n) is 2.33. The zero-order valence-electron chi connectivity index (χ0n) is 9.61. The fraction of sp³-hybridized carbons (Fsp3) is 0.727. The second-order valence-electron chi connectivity index (χ2n) is 3.90. The van der Waals surface area contributed by atoms with Gasteiger partial charge in [-0.2, -0.15) is 5.10 Å². The van der Waals surface area contributed by atoms with Crippen molar-refractivity contribution in [2.24, 2.45) is 0 Å². The van der Waals surface area contributed by atoms with Crippen LogP contribution in [0.25, 0.3) is 0 Å². The molecule has 1 unspecified atom stereocenters. The predicted octanol–water partition coefficient (Wildman–Crippen LogP) is 0.942. The van der Waals surface area contributed by atoms with Crippen LogP contribution in [0.2, 0.25) is 0 Å². The summed E-state index contributed by atoms with van der Waals surface area (Å²) in [6, 6.07) is 0.314. The third-order valence-corrected chi connectivity index (χ3v) is 2.33. The first-order chi connectivity index (χ1) is 7.26. The lowest BCUT2D eigenvalue weighted by Crippen LogP contribution is -2.34. The molecule has 0 saturated heterocycles. The Labute approximate surface area is 91.3 Å². The van der Waals surface area contributed by atoms with E-state index in [1.807, 2.05) is 24.0 Å². The maximum absolute atomic E-state index is 8.95. The van der Waals surface area contributed by atoms with E-state index in [2.05, 4.69) is 17.3 Å². The van der Waals surface area contributed by atoms with Crippen LogP contribution in [0.1, 0.15) is 25.3 Å². The van der Waals surface area contributed by atoms with Gasteiger partial charge in [-0.1, -0.05) is 6.92 Å². The summed E-state index contributed by atoms with van der Waals surface area (Å²) in [5.41, 5.74) is 1.17. The van der Waals surface area contributed by atoms with Crippen molar-refractivity contribution in [3.05, 3.63) is 18.0 Å². The molecule has 1 aromatic rings. The van der Waals surface area contributed by atoms with Gasteiger partial charge < -0.3 is 10.4 Å². The van der Waals surface area contributed by atoms with Crippen LogP contribution < -0.4 is 5.32 Å². The standard InChI is InChI=1S/C11H21N3O/c1-3-5-12-11(4-6-15)9-14-8-10(2)7-13-14/h7-8,11-12,15H,3-6,9H2,1-2H3. The van der Waals surface area contributed by atoms with Gasteiger partial charge in [-0.05, 0) is 31.9 Å². The van der Waals surface area contributed by atoms with Crippen molar-refractivity contribution in [2.75, 3.05) is 13.2 Å². The van der Waals surface area contributed by atoms with Crippen LogP contribution in [0.4, 0.5) is 0 Å². The van der Waals surface area contributed by atoms with E-state index in [-0.39, 0.29) is 6.61 Å². The van der Waals surface area contributed by atoms with Gasteiger partial charge >= 0.3 is 0 Å². The summed E-state index contributed by atoms with van der Waals surface area (Å²) in [4.78, 5) is 0. The lowest BCUT2D eigenvalue weighted by molar-refractivity contribution is 0.254. The summed E-state index contributed by atoms with van der Waals surface area (Å²) in [5, 5.41) is 16.6. The third kappa shape index (κ3) is 4.44. The van der Waals surface area contributed by atoms with Crippen LogP contribution >= 0.6 is 0 Å². The summed E-state index contributed by atoms with van der Waals surface area (Å²) < 4.78 is 1.93. The minimum Gasteiger partial charge on any atom is -0.396 e. The van der Waals surface area contributed by atoms with Crippen molar-refractivity contribution < 1.29 is 5.11 Å². The number of aliphatic hydroxyl groups excluding tert-OH is 1. The molecular formula is C11H21N3O. The molecule has 86 valence electrons. The zero-order valence-corrected chi connectivity index (χ0v) is 9.61. The highest BCUT2D eigenvalue weighted by molar-refractivity contribution is 4.99. The largest absolute Gasteiger partial charge is 0.396 e. The number of aromatic nitrogens is 2. The van der Waals surface area contributed by atoms with Gasteiger partial charge in [0.25, 0.3) is 0 Å². The average molecular weight is 211 g/mol. The highest BCUT2D eigenvalue weighted by Crippen LogP contribution is 1.99. The van der Waals surface area contributed by atoms with E-state index >= 15 is 0 Å².